The minimum Gasteiger partial charge on any atom is -0.496 e. The molecule has 0 radical (unpaired) electrons. The smallest absolute Gasteiger partial charge is 0.191 e. The molecule has 0 aliphatic rings. The minimum absolute atomic E-state index is 0.369. The van der Waals surface area contributed by atoms with E-state index in [4.69, 9.17) is 10.5 Å². The Morgan fingerprint density at radius 2 is 2.00 bits per heavy atom. The molecule has 0 unspecified atom stereocenters. The van der Waals surface area contributed by atoms with Gasteiger partial charge in [0.25, 0.3) is 0 Å². The van der Waals surface area contributed by atoms with Gasteiger partial charge in [-0.3, -0.25) is 0 Å². The molecule has 4 N–H and O–H groups in total. The Morgan fingerprint density at radius 1 is 1.21 bits per heavy atom. The summed E-state index contributed by atoms with van der Waals surface area (Å²) in [5, 5.41) is 20.8. The third-order valence-corrected chi connectivity index (χ3v) is 5.18. The van der Waals surface area contributed by atoms with Crippen LogP contribution in [0.1, 0.15) is 35.7 Å². The Balaban J connectivity index is 1.62. The number of nitriles is 1. The van der Waals surface area contributed by atoms with Crippen molar-refractivity contribution >= 4 is 11.8 Å². The van der Waals surface area contributed by atoms with Gasteiger partial charge in [0.1, 0.15) is 23.2 Å². The summed E-state index contributed by atoms with van der Waals surface area (Å²) in [4.78, 5) is 4.68. The van der Waals surface area contributed by atoms with Gasteiger partial charge < -0.3 is 21.1 Å². The predicted molar refractivity (Wildman–Crippen MR) is 132 cm³/mol. The van der Waals surface area contributed by atoms with E-state index in [1.807, 2.05) is 56.3 Å². The van der Waals surface area contributed by atoms with Gasteiger partial charge in [-0.25, -0.2) is 9.67 Å². The fraction of sp³-hybridized carbons (Fsp3) is 0.320. The summed E-state index contributed by atoms with van der Waals surface area (Å²) in [6, 6.07) is 17.9. The molecule has 2 aromatic carbocycles. The molecule has 172 valence electrons. The van der Waals surface area contributed by atoms with Gasteiger partial charge in [-0.05, 0) is 50.5 Å². The molecule has 0 spiro atoms. The third-order valence-electron chi connectivity index (χ3n) is 5.18. The highest BCUT2D eigenvalue weighted by atomic mass is 16.5. The first-order valence-corrected chi connectivity index (χ1v) is 11.1. The van der Waals surface area contributed by atoms with Gasteiger partial charge in [-0.15, -0.1) is 0 Å². The summed E-state index contributed by atoms with van der Waals surface area (Å²) < 4.78 is 7.10. The molecule has 0 aliphatic heterocycles. The Kier molecular flexibility index (Phi) is 8.30. The average molecular weight is 446 g/mol. The SMILES string of the molecule is CCNC(=NCc1ccc(C)cc1OC)NCCCc1nn(-c2ccccc2)c(N)c1C#N. The van der Waals surface area contributed by atoms with E-state index < -0.39 is 0 Å². The first-order valence-electron chi connectivity index (χ1n) is 11.1. The molecule has 33 heavy (non-hydrogen) atoms. The fourth-order valence-corrected chi connectivity index (χ4v) is 3.49. The summed E-state index contributed by atoms with van der Waals surface area (Å²) in [7, 11) is 1.67. The molecule has 0 atom stereocenters. The van der Waals surface area contributed by atoms with E-state index in [0.717, 1.165) is 41.5 Å². The van der Waals surface area contributed by atoms with Crippen molar-refractivity contribution in [2.75, 3.05) is 25.9 Å². The molecule has 0 bridgehead atoms. The molecule has 8 heteroatoms. The number of benzene rings is 2. The number of methoxy groups -OCH3 is 1. The zero-order chi connectivity index (χ0) is 23.6. The lowest BCUT2D eigenvalue weighted by atomic mass is 10.1. The number of nitrogens with two attached hydrogens (primary N) is 1. The number of guanidine groups is 1. The number of aryl methyl sites for hydroxylation is 2. The predicted octanol–water partition coefficient (Wildman–Crippen LogP) is 3.33. The number of ether oxygens (including phenoxy) is 1. The second-order valence-electron chi connectivity index (χ2n) is 7.61. The van der Waals surface area contributed by atoms with Crippen LogP contribution in [0.3, 0.4) is 0 Å². The monoisotopic (exact) mass is 445 g/mol. The minimum atomic E-state index is 0.369. The summed E-state index contributed by atoms with van der Waals surface area (Å²) in [5.74, 6) is 1.94. The van der Waals surface area contributed by atoms with Crippen molar-refractivity contribution in [2.24, 2.45) is 4.99 Å². The highest BCUT2D eigenvalue weighted by Gasteiger charge is 2.16. The maximum atomic E-state index is 9.57. The van der Waals surface area contributed by atoms with Crippen LogP contribution in [0, 0.1) is 18.3 Å². The van der Waals surface area contributed by atoms with E-state index in [1.54, 1.807) is 11.8 Å². The Bertz CT molecular complexity index is 1130. The van der Waals surface area contributed by atoms with Crippen molar-refractivity contribution in [3.05, 3.63) is 70.9 Å². The topological polar surface area (TPSA) is 113 Å². The second kappa shape index (κ2) is 11.6. The molecule has 3 aromatic rings. The van der Waals surface area contributed by atoms with E-state index in [1.165, 1.54) is 0 Å². The molecule has 0 amide bonds. The normalized spacial score (nSPS) is 11.2. The van der Waals surface area contributed by atoms with Gasteiger partial charge in [0.2, 0.25) is 0 Å². The van der Waals surface area contributed by atoms with Crippen LogP contribution in [-0.4, -0.2) is 35.9 Å². The molecule has 3 rings (SSSR count). The van der Waals surface area contributed by atoms with Crippen molar-refractivity contribution < 1.29 is 4.74 Å². The van der Waals surface area contributed by atoms with E-state index in [2.05, 4.69) is 32.9 Å². The fourth-order valence-electron chi connectivity index (χ4n) is 3.49. The molecule has 0 saturated heterocycles. The highest BCUT2D eigenvalue weighted by Crippen LogP contribution is 2.22. The maximum Gasteiger partial charge on any atom is 0.191 e. The molecular formula is C25H31N7O. The van der Waals surface area contributed by atoms with E-state index in [-0.39, 0.29) is 0 Å². The number of nitrogens with one attached hydrogen (secondary N) is 2. The first kappa shape index (κ1) is 23.7. The van der Waals surface area contributed by atoms with Crippen LogP contribution in [0.5, 0.6) is 5.75 Å². The largest absolute Gasteiger partial charge is 0.496 e. The number of anilines is 1. The van der Waals surface area contributed by atoms with E-state index in [0.29, 0.717) is 36.6 Å². The van der Waals surface area contributed by atoms with Crippen LogP contribution in [0.4, 0.5) is 5.82 Å². The summed E-state index contributed by atoms with van der Waals surface area (Å²) in [6.45, 7) is 6.01. The Labute approximate surface area is 195 Å². The summed E-state index contributed by atoms with van der Waals surface area (Å²) in [6.07, 6.45) is 1.41. The molecule has 0 aliphatic carbocycles. The summed E-state index contributed by atoms with van der Waals surface area (Å²) >= 11 is 0. The number of nitrogens with zero attached hydrogens (tertiary/aromatic N) is 4. The Morgan fingerprint density at radius 3 is 2.70 bits per heavy atom. The van der Waals surface area contributed by atoms with Crippen molar-refractivity contribution in [3.8, 4) is 17.5 Å². The molecule has 0 saturated carbocycles. The lowest BCUT2D eigenvalue weighted by Gasteiger charge is -2.12. The van der Waals surface area contributed by atoms with Crippen molar-refractivity contribution in [2.45, 2.75) is 33.2 Å². The number of aromatic nitrogens is 2. The highest BCUT2D eigenvalue weighted by molar-refractivity contribution is 5.79. The number of para-hydroxylation sites is 1. The van der Waals surface area contributed by atoms with Gasteiger partial charge in [0.15, 0.2) is 5.96 Å². The third kappa shape index (κ3) is 6.04. The molecule has 8 nitrogen and oxygen atoms in total. The van der Waals surface area contributed by atoms with E-state index >= 15 is 0 Å². The Hall–Kier alpha value is -3.99. The lowest BCUT2D eigenvalue weighted by molar-refractivity contribution is 0.409. The maximum absolute atomic E-state index is 9.57. The van der Waals surface area contributed by atoms with Gasteiger partial charge in [0.05, 0.1) is 25.0 Å². The molecular weight excluding hydrogens is 414 g/mol. The summed E-state index contributed by atoms with van der Waals surface area (Å²) in [5.41, 5.74) is 10.3. The van der Waals surface area contributed by atoms with Crippen LogP contribution < -0.4 is 21.1 Å². The number of nitrogen functional groups attached to an aromatic ring is 1. The van der Waals surface area contributed by atoms with Crippen LogP contribution >= 0.6 is 0 Å². The lowest BCUT2D eigenvalue weighted by Crippen LogP contribution is -2.37. The quantitative estimate of drug-likeness (QED) is 0.264. The number of rotatable bonds is 9. The van der Waals surface area contributed by atoms with Gasteiger partial charge in [0, 0.05) is 18.7 Å². The number of hydrogen-bond acceptors (Lipinski definition) is 5. The second-order valence-corrected chi connectivity index (χ2v) is 7.61. The number of aliphatic imine (C=N–C) groups is 1. The van der Waals surface area contributed by atoms with Gasteiger partial charge in [-0.1, -0.05) is 30.3 Å². The standard InChI is InChI=1S/C25H31N7O/c1-4-28-25(30-17-19-13-12-18(2)15-23(19)33-3)29-14-8-11-22-21(16-26)24(27)32(31-22)20-9-6-5-7-10-20/h5-7,9-10,12-13,15H,4,8,11,14,17,27H2,1-3H3,(H2,28,29,30). The van der Waals surface area contributed by atoms with Crippen molar-refractivity contribution in [1.29, 1.82) is 5.26 Å². The zero-order valence-electron chi connectivity index (χ0n) is 19.4. The van der Waals surface area contributed by atoms with Gasteiger partial charge >= 0.3 is 0 Å². The van der Waals surface area contributed by atoms with Crippen molar-refractivity contribution in [1.82, 2.24) is 20.4 Å². The molecule has 0 fully saturated rings. The van der Waals surface area contributed by atoms with Crippen LogP contribution in [-0.2, 0) is 13.0 Å². The zero-order valence-corrected chi connectivity index (χ0v) is 19.4. The van der Waals surface area contributed by atoms with Crippen LogP contribution in [0.25, 0.3) is 5.69 Å². The van der Waals surface area contributed by atoms with E-state index in [9.17, 15) is 5.26 Å². The van der Waals surface area contributed by atoms with Gasteiger partial charge in [-0.2, -0.15) is 10.4 Å². The average Bonchev–Trinajstić information content (AvgIpc) is 3.16. The first-order chi connectivity index (χ1) is 16.1. The number of hydrogen-bond donors (Lipinski definition) is 3. The molecule has 1 heterocycles. The van der Waals surface area contributed by atoms with Crippen molar-refractivity contribution in [3.63, 3.8) is 0 Å². The molecule has 1 aromatic heterocycles. The van der Waals surface area contributed by atoms with Crippen LogP contribution in [0.15, 0.2) is 53.5 Å². The van der Waals surface area contributed by atoms with Crippen LogP contribution in [0.2, 0.25) is 0 Å².